The van der Waals surface area contributed by atoms with E-state index in [1.165, 1.54) is 25.0 Å². The number of halogens is 2. The topological polar surface area (TPSA) is 32.8 Å². The van der Waals surface area contributed by atoms with Crippen molar-refractivity contribution in [2.24, 2.45) is 0 Å². The summed E-state index contributed by atoms with van der Waals surface area (Å²) in [5.41, 5.74) is 1.01. The summed E-state index contributed by atoms with van der Waals surface area (Å²) in [6.07, 6.45) is 2.23. The Kier molecular flexibility index (Phi) is 5.95. The van der Waals surface area contributed by atoms with Gasteiger partial charge in [0.2, 0.25) is 0 Å². The van der Waals surface area contributed by atoms with Crippen LogP contribution in [0.15, 0.2) is 48.5 Å². The molecule has 2 fully saturated rings. The zero-order valence-electron chi connectivity index (χ0n) is 15.7. The Labute approximate surface area is 169 Å². The lowest BCUT2D eigenvalue weighted by Crippen LogP contribution is -2.51. The highest BCUT2D eigenvalue weighted by Gasteiger charge is 2.38. The van der Waals surface area contributed by atoms with Crippen LogP contribution in [0.3, 0.4) is 0 Å². The Balaban J connectivity index is 1.67. The first kappa shape index (κ1) is 19.4. The number of hydrogen-bond acceptors (Lipinski definition) is 3. The van der Waals surface area contributed by atoms with Crippen LogP contribution in [0.2, 0.25) is 5.02 Å². The van der Waals surface area contributed by atoms with Gasteiger partial charge < -0.3 is 14.5 Å². The van der Waals surface area contributed by atoms with Gasteiger partial charge in [-0.05, 0) is 43.6 Å². The largest absolute Gasteiger partial charge is 0.373 e. The molecule has 4 nitrogen and oxygen atoms in total. The van der Waals surface area contributed by atoms with Crippen LogP contribution in [0.25, 0.3) is 0 Å². The minimum atomic E-state index is -0.663. The lowest BCUT2D eigenvalue weighted by atomic mass is 9.96. The predicted molar refractivity (Wildman–Crippen MR) is 107 cm³/mol. The summed E-state index contributed by atoms with van der Waals surface area (Å²) in [5.74, 6) is -1.01. The van der Waals surface area contributed by atoms with Crippen molar-refractivity contribution in [3.63, 3.8) is 0 Å². The second-order valence-corrected chi connectivity index (χ2v) is 7.78. The van der Waals surface area contributed by atoms with Gasteiger partial charge in [-0.3, -0.25) is 4.79 Å². The summed E-state index contributed by atoms with van der Waals surface area (Å²) in [7, 11) is 0. The average molecular weight is 403 g/mol. The molecule has 2 heterocycles. The molecule has 6 heteroatoms. The van der Waals surface area contributed by atoms with Crippen LogP contribution in [0.5, 0.6) is 0 Å². The van der Waals surface area contributed by atoms with Crippen molar-refractivity contribution < 1.29 is 13.9 Å². The van der Waals surface area contributed by atoms with E-state index in [9.17, 15) is 9.18 Å². The molecule has 0 unspecified atom stereocenters. The molecule has 0 aromatic heterocycles. The van der Waals surface area contributed by atoms with Gasteiger partial charge in [0.25, 0.3) is 5.91 Å². The summed E-state index contributed by atoms with van der Waals surface area (Å²) in [6.45, 7) is 3.73. The molecule has 2 aromatic carbocycles. The molecular weight excluding hydrogens is 379 g/mol. The first-order valence-corrected chi connectivity index (χ1v) is 10.2. The SMILES string of the molecule is O=C(c1cccc(Cl)c1F)N1CCO[C@@H](CN2CCCC2)[C@@H]1c1ccccc1. The third-order valence-corrected chi connectivity index (χ3v) is 5.86. The van der Waals surface area contributed by atoms with Crippen molar-refractivity contribution in [1.29, 1.82) is 0 Å². The minimum Gasteiger partial charge on any atom is -0.373 e. The van der Waals surface area contributed by atoms with Crippen molar-refractivity contribution in [3.8, 4) is 0 Å². The van der Waals surface area contributed by atoms with Gasteiger partial charge in [-0.2, -0.15) is 0 Å². The van der Waals surface area contributed by atoms with E-state index < -0.39 is 5.82 Å². The van der Waals surface area contributed by atoms with Crippen molar-refractivity contribution in [2.45, 2.75) is 25.0 Å². The van der Waals surface area contributed by atoms with E-state index in [4.69, 9.17) is 16.3 Å². The van der Waals surface area contributed by atoms with Crippen LogP contribution in [-0.2, 0) is 4.74 Å². The number of amides is 1. The van der Waals surface area contributed by atoms with Crippen molar-refractivity contribution in [3.05, 3.63) is 70.5 Å². The molecule has 28 heavy (non-hydrogen) atoms. The third-order valence-electron chi connectivity index (χ3n) is 5.57. The van der Waals surface area contributed by atoms with E-state index >= 15 is 0 Å². The fourth-order valence-electron chi connectivity index (χ4n) is 4.20. The number of hydrogen-bond donors (Lipinski definition) is 0. The molecule has 0 N–H and O–H groups in total. The quantitative estimate of drug-likeness (QED) is 0.769. The van der Waals surface area contributed by atoms with Gasteiger partial charge >= 0.3 is 0 Å². The molecular formula is C22H24ClFN2O2. The maximum Gasteiger partial charge on any atom is 0.257 e. The van der Waals surface area contributed by atoms with E-state index in [1.807, 2.05) is 30.3 Å². The number of morpholine rings is 1. The maximum atomic E-state index is 14.5. The predicted octanol–water partition coefficient (Wildman–Crippen LogP) is 4.16. The average Bonchev–Trinajstić information content (AvgIpc) is 3.23. The van der Waals surface area contributed by atoms with Gasteiger partial charge in [0.05, 0.1) is 29.3 Å². The molecule has 0 radical (unpaired) electrons. The monoisotopic (exact) mass is 402 g/mol. The summed E-state index contributed by atoms with van der Waals surface area (Å²) in [5, 5.41) is -0.0380. The molecule has 0 saturated carbocycles. The Morgan fingerprint density at radius 3 is 2.57 bits per heavy atom. The molecule has 2 aromatic rings. The van der Waals surface area contributed by atoms with Gasteiger partial charge in [0.1, 0.15) is 0 Å². The van der Waals surface area contributed by atoms with E-state index in [2.05, 4.69) is 4.90 Å². The van der Waals surface area contributed by atoms with Crippen molar-refractivity contribution in [2.75, 3.05) is 32.8 Å². The number of benzene rings is 2. The zero-order valence-corrected chi connectivity index (χ0v) is 16.4. The van der Waals surface area contributed by atoms with Crippen LogP contribution in [0.1, 0.15) is 34.8 Å². The van der Waals surface area contributed by atoms with Crippen LogP contribution >= 0.6 is 11.6 Å². The number of carbonyl (C=O) groups is 1. The molecule has 2 aliphatic rings. The van der Waals surface area contributed by atoms with Crippen molar-refractivity contribution in [1.82, 2.24) is 9.80 Å². The molecule has 0 aliphatic carbocycles. The standard InChI is InChI=1S/C22H24ClFN2O2/c23-18-10-6-9-17(20(18)24)22(27)26-13-14-28-19(15-25-11-4-5-12-25)21(26)16-7-2-1-3-8-16/h1-3,6-10,19,21H,4-5,11-15H2/t19-,21-/m0/s1. The first-order valence-electron chi connectivity index (χ1n) is 9.79. The summed E-state index contributed by atoms with van der Waals surface area (Å²) in [4.78, 5) is 17.4. The number of nitrogens with zero attached hydrogens (tertiary/aromatic N) is 2. The summed E-state index contributed by atoms with van der Waals surface area (Å²) in [6, 6.07) is 14.2. The second-order valence-electron chi connectivity index (χ2n) is 7.37. The van der Waals surface area contributed by atoms with Gasteiger partial charge in [-0.15, -0.1) is 0 Å². The number of carbonyl (C=O) groups excluding carboxylic acids is 1. The second kappa shape index (κ2) is 8.60. The smallest absolute Gasteiger partial charge is 0.257 e. The molecule has 2 atom stereocenters. The van der Waals surface area contributed by atoms with Crippen LogP contribution < -0.4 is 0 Å². The van der Waals surface area contributed by atoms with Gasteiger partial charge in [0, 0.05) is 13.1 Å². The normalized spacial score (nSPS) is 23.1. The minimum absolute atomic E-state index is 0.00949. The molecule has 148 valence electrons. The highest BCUT2D eigenvalue weighted by Crippen LogP contribution is 2.33. The van der Waals surface area contributed by atoms with Gasteiger partial charge in [0.15, 0.2) is 5.82 Å². The van der Waals surface area contributed by atoms with E-state index in [0.29, 0.717) is 13.2 Å². The summed E-state index contributed by atoms with van der Waals surface area (Å²) >= 11 is 5.92. The highest BCUT2D eigenvalue weighted by atomic mass is 35.5. The Morgan fingerprint density at radius 1 is 1.07 bits per heavy atom. The van der Waals surface area contributed by atoms with Crippen LogP contribution in [0, 0.1) is 5.82 Å². The van der Waals surface area contributed by atoms with E-state index in [0.717, 1.165) is 25.2 Å². The van der Waals surface area contributed by atoms with E-state index in [-0.39, 0.29) is 28.6 Å². The molecule has 2 aliphatic heterocycles. The van der Waals surface area contributed by atoms with Gasteiger partial charge in [-0.1, -0.05) is 48.0 Å². The van der Waals surface area contributed by atoms with Gasteiger partial charge in [-0.25, -0.2) is 4.39 Å². The molecule has 1 amide bonds. The van der Waals surface area contributed by atoms with Crippen LogP contribution in [-0.4, -0.2) is 54.6 Å². The Hall–Kier alpha value is -1.95. The number of rotatable bonds is 4. The van der Waals surface area contributed by atoms with Crippen molar-refractivity contribution >= 4 is 17.5 Å². The molecule has 0 bridgehead atoms. The summed E-state index contributed by atoms with van der Waals surface area (Å²) < 4.78 is 20.7. The fraction of sp³-hybridized carbons (Fsp3) is 0.409. The lowest BCUT2D eigenvalue weighted by Gasteiger charge is -2.42. The zero-order chi connectivity index (χ0) is 19.5. The molecule has 4 rings (SSSR count). The van der Waals surface area contributed by atoms with Crippen LogP contribution in [0.4, 0.5) is 4.39 Å². The first-order chi connectivity index (χ1) is 13.6. The highest BCUT2D eigenvalue weighted by molar-refractivity contribution is 6.31. The molecule has 2 saturated heterocycles. The Bertz CT molecular complexity index is 827. The van der Waals surface area contributed by atoms with E-state index in [1.54, 1.807) is 11.0 Å². The fourth-order valence-corrected chi connectivity index (χ4v) is 4.38. The Morgan fingerprint density at radius 2 is 1.82 bits per heavy atom. The third kappa shape index (κ3) is 3.93. The lowest BCUT2D eigenvalue weighted by molar-refractivity contribution is -0.0708. The number of likely N-dealkylation sites (tertiary alicyclic amines) is 1. The number of ether oxygens (including phenoxy) is 1. The molecule has 0 spiro atoms. The maximum absolute atomic E-state index is 14.5.